The maximum Gasteiger partial charge on any atom is 0.227 e. The summed E-state index contributed by atoms with van der Waals surface area (Å²) in [4.78, 5) is 26.0. The van der Waals surface area contributed by atoms with Gasteiger partial charge in [-0.3, -0.25) is 9.59 Å². The first-order chi connectivity index (χ1) is 11.6. The molecule has 1 aliphatic heterocycles. The molecule has 1 saturated heterocycles. The zero-order valence-corrected chi connectivity index (χ0v) is 14.0. The van der Waals surface area contributed by atoms with Gasteiger partial charge in [-0.25, -0.2) is 0 Å². The smallest absolute Gasteiger partial charge is 0.227 e. The molecule has 4 nitrogen and oxygen atoms in total. The summed E-state index contributed by atoms with van der Waals surface area (Å²) in [6.45, 7) is 1.13. The lowest BCUT2D eigenvalue weighted by Gasteiger charge is -2.17. The summed E-state index contributed by atoms with van der Waals surface area (Å²) in [5.41, 5.74) is 1.84. The van der Waals surface area contributed by atoms with E-state index in [0.29, 0.717) is 31.0 Å². The second kappa shape index (κ2) is 7.49. The van der Waals surface area contributed by atoms with Gasteiger partial charge in [0, 0.05) is 36.1 Å². The minimum atomic E-state index is -0.0152. The van der Waals surface area contributed by atoms with Crippen molar-refractivity contribution in [3.63, 3.8) is 0 Å². The Morgan fingerprint density at radius 3 is 2.54 bits per heavy atom. The Labute approximate surface area is 146 Å². The van der Waals surface area contributed by atoms with Crippen LogP contribution < -0.4 is 10.2 Å². The molecule has 2 amide bonds. The summed E-state index contributed by atoms with van der Waals surface area (Å²) in [5.74, 6) is 0.200. The average molecular weight is 343 g/mol. The van der Waals surface area contributed by atoms with Crippen LogP contribution in [0.3, 0.4) is 0 Å². The number of rotatable bonds is 5. The molecule has 0 aliphatic carbocycles. The van der Waals surface area contributed by atoms with Gasteiger partial charge in [0.05, 0.1) is 6.42 Å². The average Bonchev–Trinajstić information content (AvgIpc) is 2.95. The van der Waals surface area contributed by atoms with Gasteiger partial charge in [0.1, 0.15) is 0 Å². The van der Waals surface area contributed by atoms with E-state index in [1.54, 1.807) is 17.0 Å². The summed E-state index contributed by atoms with van der Waals surface area (Å²) >= 11 is 5.88. The molecule has 2 aromatic carbocycles. The van der Waals surface area contributed by atoms with E-state index in [0.717, 1.165) is 11.3 Å². The molecule has 0 saturated carbocycles. The van der Waals surface area contributed by atoms with Crippen LogP contribution in [0.25, 0.3) is 0 Å². The molecule has 0 spiro atoms. The van der Waals surface area contributed by atoms with Crippen LogP contribution in [0.4, 0.5) is 5.69 Å². The van der Waals surface area contributed by atoms with Crippen LogP contribution in [-0.4, -0.2) is 24.9 Å². The number of nitrogens with zero attached hydrogens (tertiary/aromatic N) is 1. The number of carbonyl (C=O) groups excluding carboxylic acids is 2. The lowest BCUT2D eigenvalue weighted by Crippen LogP contribution is -2.32. The highest BCUT2D eigenvalue weighted by molar-refractivity contribution is 6.30. The second-order valence-corrected chi connectivity index (χ2v) is 6.45. The minimum absolute atomic E-state index is 0.0152. The van der Waals surface area contributed by atoms with Gasteiger partial charge in [-0.1, -0.05) is 41.9 Å². The molecule has 1 atom stereocenters. The first-order valence-electron chi connectivity index (χ1n) is 7.98. The number of halogens is 1. The van der Waals surface area contributed by atoms with Crippen molar-refractivity contribution in [1.82, 2.24) is 5.32 Å². The van der Waals surface area contributed by atoms with Crippen molar-refractivity contribution in [3.8, 4) is 0 Å². The quantitative estimate of drug-likeness (QED) is 0.908. The van der Waals surface area contributed by atoms with Gasteiger partial charge in [0.2, 0.25) is 11.8 Å². The van der Waals surface area contributed by atoms with E-state index in [4.69, 9.17) is 11.6 Å². The molecule has 24 heavy (non-hydrogen) atoms. The maximum atomic E-state index is 12.2. The molecule has 0 unspecified atom stereocenters. The highest BCUT2D eigenvalue weighted by atomic mass is 35.5. The van der Waals surface area contributed by atoms with E-state index in [-0.39, 0.29) is 17.7 Å². The summed E-state index contributed by atoms with van der Waals surface area (Å²) in [6, 6.07) is 16.9. The summed E-state index contributed by atoms with van der Waals surface area (Å²) in [7, 11) is 0. The predicted molar refractivity (Wildman–Crippen MR) is 95.1 cm³/mol. The Kier molecular flexibility index (Phi) is 5.16. The molecule has 124 valence electrons. The molecule has 3 rings (SSSR count). The van der Waals surface area contributed by atoms with Gasteiger partial charge in [-0.2, -0.15) is 0 Å². The number of anilines is 1. The van der Waals surface area contributed by atoms with Crippen molar-refractivity contribution in [2.24, 2.45) is 5.92 Å². The van der Waals surface area contributed by atoms with Gasteiger partial charge < -0.3 is 10.2 Å². The molecular formula is C19H19ClN2O2. The highest BCUT2D eigenvalue weighted by Gasteiger charge is 2.30. The lowest BCUT2D eigenvalue weighted by atomic mass is 10.1. The molecule has 1 aliphatic rings. The number of carbonyl (C=O) groups is 2. The Morgan fingerprint density at radius 2 is 1.83 bits per heavy atom. The van der Waals surface area contributed by atoms with E-state index >= 15 is 0 Å². The van der Waals surface area contributed by atoms with Crippen molar-refractivity contribution >= 4 is 29.1 Å². The zero-order chi connectivity index (χ0) is 16.9. The Bertz CT molecular complexity index is 716. The fraction of sp³-hybridized carbons (Fsp3) is 0.263. The van der Waals surface area contributed by atoms with Crippen molar-refractivity contribution < 1.29 is 9.59 Å². The Morgan fingerprint density at radius 1 is 1.12 bits per heavy atom. The van der Waals surface area contributed by atoms with Crippen LogP contribution in [-0.2, 0) is 16.0 Å². The fourth-order valence-electron chi connectivity index (χ4n) is 2.89. The molecule has 1 N–H and O–H groups in total. The minimum Gasteiger partial charge on any atom is -0.355 e. The molecule has 1 fully saturated rings. The predicted octanol–water partition coefficient (Wildman–Crippen LogP) is 3.05. The van der Waals surface area contributed by atoms with Crippen LogP contribution in [0.1, 0.15) is 12.0 Å². The third-order valence-corrected chi connectivity index (χ3v) is 4.39. The van der Waals surface area contributed by atoms with Crippen LogP contribution in [0, 0.1) is 5.92 Å². The van der Waals surface area contributed by atoms with Crippen LogP contribution in [0.2, 0.25) is 5.02 Å². The number of amides is 2. The highest BCUT2D eigenvalue weighted by Crippen LogP contribution is 2.25. The number of hydrogen-bond donors (Lipinski definition) is 1. The van der Waals surface area contributed by atoms with E-state index in [1.165, 1.54) is 0 Å². The SMILES string of the molecule is O=C(Cc1ccccc1)NC[C@H]1CC(=O)N(c2ccc(Cl)cc2)C1. The van der Waals surface area contributed by atoms with E-state index < -0.39 is 0 Å². The topological polar surface area (TPSA) is 49.4 Å². The standard InChI is InChI=1S/C19H19ClN2O2/c20-16-6-8-17(9-7-16)22-13-15(11-19(22)24)12-21-18(23)10-14-4-2-1-3-5-14/h1-9,15H,10-13H2,(H,21,23)/t15-/m1/s1. The normalized spacial score (nSPS) is 17.1. The molecular weight excluding hydrogens is 324 g/mol. The van der Waals surface area contributed by atoms with Gasteiger partial charge in [0.25, 0.3) is 0 Å². The largest absolute Gasteiger partial charge is 0.355 e. The zero-order valence-electron chi connectivity index (χ0n) is 13.2. The second-order valence-electron chi connectivity index (χ2n) is 6.02. The van der Waals surface area contributed by atoms with Crippen molar-refractivity contribution in [1.29, 1.82) is 0 Å². The fourth-order valence-corrected chi connectivity index (χ4v) is 3.02. The van der Waals surface area contributed by atoms with Crippen LogP contribution in [0.5, 0.6) is 0 Å². The molecule has 0 bridgehead atoms. The van der Waals surface area contributed by atoms with Crippen molar-refractivity contribution in [2.45, 2.75) is 12.8 Å². The first-order valence-corrected chi connectivity index (χ1v) is 8.36. The van der Waals surface area contributed by atoms with E-state index in [2.05, 4.69) is 5.32 Å². The maximum absolute atomic E-state index is 12.2. The third kappa shape index (κ3) is 4.15. The van der Waals surface area contributed by atoms with Crippen molar-refractivity contribution in [3.05, 3.63) is 65.2 Å². The summed E-state index contributed by atoms with van der Waals surface area (Å²) < 4.78 is 0. The summed E-state index contributed by atoms with van der Waals surface area (Å²) in [6.07, 6.45) is 0.816. The third-order valence-electron chi connectivity index (χ3n) is 4.14. The monoisotopic (exact) mass is 342 g/mol. The number of benzene rings is 2. The summed E-state index contributed by atoms with van der Waals surface area (Å²) in [5, 5.41) is 3.58. The van der Waals surface area contributed by atoms with Crippen LogP contribution in [0.15, 0.2) is 54.6 Å². The van der Waals surface area contributed by atoms with Crippen molar-refractivity contribution in [2.75, 3.05) is 18.0 Å². The lowest BCUT2D eigenvalue weighted by molar-refractivity contribution is -0.121. The van der Waals surface area contributed by atoms with Gasteiger partial charge in [-0.15, -0.1) is 0 Å². The first kappa shape index (κ1) is 16.5. The molecule has 2 aromatic rings. The van der Waals surface area contributed by atoms with Gasteiger partial charge in [0.15, 0.2) is 0 Å². The molecule has 1 heterocycles. The van der Waals surface area contributed by atoms with Crippen LogP contribution >= 0.6 is 11.6 Å². The molecule has 0 radical (unpaired) electrons. The molecule has 0 aromatic heterocycles. The van der Waals surface area contributed by atoms with Gasteiger partial charge in [-0.05, 0) is 29.8 Å². The van der Waals surface area contributed by atoms with E-state index in [1.807, 2.05) is 42.5 Å². The van der Waals surface area contributed by atoms with Gasteiger partial charge >= 0.3 is 0 Å². The number of hydrogen-bond acceptors (Lipinski definition) is 2. The molecule has 5 heteroatoms. The number of nitrogens with one attached hydrogen (secondary N) is 1. The van der Waals surface area contributed by atoms with E-state index in [9.17, 15) is 9.59 Å². The Hall–Kier alpha value is -2.33. The Balaban J connectivity index is 1.51.